The Kier molecular flexibility index (Phi) is 10.2. The molecule has 2 rings (SSSR count). The molecule has 31 heavy (non-hydrogen) atoms. The second-order valence-corrected chi connectivity index (χ2v) is 10.9. The highest BCUT2D eigenvalue weighted by Gasteiger charge is 2.28. The molecule has 0 aliphatic carbocycles. The monoisotopic (exact) mass is 496 g/mol. The summed E-state index contributed by atoms with van der Waals surface area (Å²) in [6.45, 7) is 4.17. The largest absolute Gasteiger partial charge is 0.467 e. The van der Waals surface area contributed by atoms with Crippen LogP contribution in [0.4, 0.5) is 0 Å². The average Bonchev–Trinajstić information content (AvgIpc) is 3.14. The molecule has 0 radical (unpaired) electrons. The number of ether oxygens (including phenoxy) is 1. The summed E-state index contributed by atoms with van der Waals surface area (Å²) < 4.78 is 5.66. The van der Waals surface area contributed by atoms with Crippen LogP contribution in [0.2, 0.25) is 5.02 Å². The number of carbonyl (C=O) groups excluding carboxylic acids is 2. The quantitative estimate of drug-likeness (QED) is 0.328. The van der Waals surface area contributed by atoms with Gasteiger partial charge in [-0.25, -0.2) is 4.79 Å². The van der Waals surface area contributed by atoms with Crippen molar-refractivity contribution in [1.29, 1.82) is 5.26 Å². The summed E-state index contributed by atoms with van der Waals surface area (Å²) in [7, 11) is 1.31. The van der Waals surface area contributed by atoms with Gasteiger partial charge in [0.05, 0.1) is 16.9 Å². The highest BCUT2D eigenvalue weighted by atomic mass is 35.5. The second kappa shape index (κ2) is 12.4. The third kappa shape index (κ3) is 6.66. The SMILES string of the molecule is CCC(C)Sc1sc(C(=O)N[C@@H](CCSC)C(=O)OC)c(-c2ccc(Cl)cc2)c1C#N. The summed E-state index contributed by atoms with van der Waals surface area (Å²) in [5.41, 5.74) is 1.78. The molecule has 0 aliphatic heterocycles. The lowest BCUT2D eigenvalue weighted by molar-refractivity contribution is -0.142. The van der Waals surface area contributed by atoms with Crippen molar-refractivity contribution in [1.82, 2.24) is 5.32 Å². The second-order valence-electron chi connectivity index (χ2n) is 6.75. The number of nitrogens with zero attached hydrogens (tertiary/aromatic N) is 1. The van der Waals surface area contributed by atoms with E-state index in [0.29, 0.717) is 38.5 Å². The maximum atomic E-state index is 13.3. The van der Waals surface area contributed by atoms with Gasteiger partial charge in [-0.15, -0.1) is 23.1 Å². The van der Waals surface area contributed by atoms with Crippen LogP contribution in [0.25, 0.3) is 11.1 Å². The predicted octanol–water partition coefficient (Wildman–Crippen LogP) is 5.86. The van der Waals surface area contributed by atoms with Crippen LogP contribution in [0, 0.1) is 11.3 Å². The molecule has 0 saturated carbocycles. The van der Waals surface area contributed by atoms with Gasteiger partial charge < -0.3 is 10.1 Å². The summed E-state index contributed by atoms with van der Waals surface area (Å²) in [5.74, 6) is -0.173. The van der Waals surface area contributed by atoms with Gasteiger partial charge in [0.2, 0.25) is 0 Å². The van der Waals surface area contributed by atoms with Crippen molar-refractivity contribution in [2.45, 2.75) is 42.2 Å². The fraction of sp³-hybridized carbons (Fsp3) is 0.409. The zero-order valence-electron chi connectivity index (χ0n) is 17.9. The smallest absolute Gasteiger partial charge is 0.328 e. The zero-order valence-corrected chi connectivity index (χ0v) is 21.1. The lowest BCUT2D eigenvalue weighted by atomic mass is 10.0. The molecule has 0 spiro atoms. The standard InChI is InChI=1S/C22H25ClN2O3S3/c1-5-13(2)30-22-16(12-24)18(14-6-8-15(23)9-7-14)19(31-22)20(26)25-17(10-11-29-4)21(27)28-3/h6-9,13,17H,5,10-11H2,1-4H3,(H,25,26)/t13?,17-/m0/s1. The van der Waals surface area contributed by atoms with Crippen LogP contribution in [0.1, 0.15) is 41.9 Å². The Labute approximate surface area is 200 Å². The molecule has 0 fully saturated rings. The van der Waals surface area contributed by atoms with Crippen molar-refractivity contribution in [3.05, 3.63) is 39.7 Å². The van der Waals surface area contributed by atoms with E-state index < -0.39 is 12.0 Å². The van der Waals surface area contributed by atoms with Crippen molar-refractivity contribution in [3.8, 4) is 17.2 Å². The number of rotatable bonds is 10. The maximum absolute atomic E-state index is 13.3. The van der Waals surface area contributed by atoms with Crippen LogP contribution in [-0.4, -0.2) is 42.3 Å². The van der Waals surface area contributed by atoms with Gasteiger partial charge in [-0.05, 0) is 42.5 Å². The topological polar surface area (TPSA) is 79.2 Å². The van der Waals surface area contributed by atoms with Crippen LogP contribution in [-0.2, 0) is 9.53 Å². The predicted molar refractivity (Wildman–Crippen MR) is 131 cm³/mol. The van der Waals surface area contributed by atoms with Crippen LogP contribution >= 0.6 is 46.5 Å². The summed E-state index contributed by atoms with van der Waals surface area (Å²) in [6.07, 6.45) is 3.33. The average molecular weight is 497 g/mol. The van der Waals surface area contributed by atoms with Crippen LogP contribution in [0.3, 0.4) is 0 Å². The van der Waals surface area contributed by atoms with E-state index in [-0.39, 0.29) is 5.91 Å². The fourth-order valence-corrected chi connectivity index (χ4v) is 6.00. The van der Waals surface area contributed by atoms with Gasteiger partial charge in [-0.3, -0.25) is 4.79 Å². The number of thioether (sulfide) groups is 2. The van der Waals surface area contributed by atoms with Gasteiger partial charge in [0.25, 0.3) is 5.91 Å². The molecule has 1 heterocycles. The lowest BCUT2D eigenvalue weighted by Crippen LogP contribution is -2.41. The number of nitrogens with one attached hydrogen (secondary N) is 1. The fourth-order valence-electron chi connectivity index (χ4n) is 2.76. The molecule has 1 N–H and O–H groups in total. The van der Waals surface area contributed by atoms with Crippen LogP contribution < -0.4 is 5.32 Å². The van der Waals surface area contributed by atoms with Gasteiger partial charge in [0, 0.05) is 15.8 Å². The Hall–Kier alpha value is -1.66. The molecule has 1 amide bonds. The lowest BCUT2D eigenvalue weighted by Gasteiger charge is -2.16. The Balaban J connectivity index is 2.53. The summed E-state index contributed by atoms with van der Waals surface area (Å²) >= 11 is 10.5. The Morgan fingerprint density at radius 3 is 2.55 bits per heavy atom. The third-order valence-electron chi connectivity index (χ3n) is 4.61. The van der Waals surface area contributed by atoms with E-state index in [1.165, 1.54) is 18.4 Å². The first-order valence-electron chi connectivity index (χ1n) is 9.73. The number of nitriles is 1. The number of hydrogen-bond acceptors (Lipinski definition) is 7. The summed E-state index contributed by atoms with van der Waals surface area (Å²) in [6, 6.07) is 8.59. The minimum atomic E-state index is -0.749. The molecule has 9 heteroatoms. The van der Waals surface area contributed by atoms with Gasteiger partial charge in [-0.2, -0.15) is 17.0 Å². The Morgan fingerprint density at radius 2 is 2.00 bits per heavy atom. The van der Waals surface area contributed by atoms with Crippen molar-refractivity contribution >= 4 is 58.3 Å². The molecule has 1 unspecified atom stereocenters. The van der Waals surface area contributed by atoms with Crippen molar-refractivity contribution in [3.63, 3.8) is 0 Å². The molecule has 166 valence electrons. The van der Waals surface area contributed by atoms with Gasteiger partial charge >= 0.3 is 5.97 Å². The number of methoxy groups -OCH3 is 1. The van der Waals surface area contributed by atoms with Gasteiger partial charge in [-0.1, -0.05) is 37.6 Å². The first-order valence-corrected chi connectivity index (χ1v) is 13.2. The molecule has 5 nitrogen and oxygen atoms in total. The molecule has 2 atom stereocenters. The highest BCUT2D eigenvalue weighted by Crippen LogP contribution is 2.43. The first-order chi connectivity index (χ1) is 14.9. The van der Waals surface area contributed by atoms with E-state index in [4.69, 9.17) is 16.3 Å². The van der Waals surface area contributed by atoms with E-state index >= 15 is 0 Å². The van der Waals surface area contributed by atoms with E-state index in [0.717, 1.165) is 16.2 Å². The first kappa shape index (κ1) is 25.6. The zero-order chi connectivity index (χ0) is 23.0. The number of carbonyl (C=O) groups is 2. The van der Waals surface area contributed by atoms with Crippen molar-refractivity contribution < 1.29 is 14.3 Å². The molecular weight excluding hydrogens is 472 g/mol. The van der Waals surface area contributed by atoms with Gasteiger partial charge in [0.1, 0.15) is 17.0 Å². The molecule has 1 aromatic carbocycles. The van der Waals surface area contributed by atoms with E-state index in [1.54, 1.807) is 47.8 Å². The Bertz CT molecular complexity index is 954. The normalized spacial score (nSPS) is 12.6. The molecular formula is C22H25ClN2O3S3. The number of thiophene rings is 1. The molecule has 1 aromatic heterocycles. The minimum absolute atomic E-state index is 0.295. The Morgan fingerprint density at radius 1 is 1.32 bits per heavy atom. The maximum Gasteiger partial charge on any atom is 0.328 e. The van der Waals surface area contributed by atoms with E-state index in [9.17, 15) is 14.9 Å². The highest BCUT2D eigenvalue weighted by molar-refractivity contribution is 8.01. The van der Waals surface area contributed by atoms with Crippen molar-refractivity contribution in [2.75, 3.05) is 19.1 Å². The molecule has 0 bridgehead atoms. The summed E-state index contributed by atoms with van der Waals surface area (Å²) in [4.78, 5) is 25.9. The number of hydrogen-bond donors (Lipinski definition) is 1. The minimum Gasteiger partial charge on any atom is -0.467 e. The van der Waals surface area contributed by atoms with E-state index in [2.05, 4.69) is 25.2 Å². The third-order valence-corrected chi connectivity index (χ3v) is 8.18. The number of halogens is 1. The molecule has 0 saturated heterocycles. The number of esters is 1. The number of benzene rings is 1. The molecule has 0 aliphatic rings. The van der Waals surface area contributed by atoms with Crippen LogP contribution in [0.15, 0.2) is 28.5 Å². The number of amides is 1. The van der Waals surface area contributed by atoms with Crippen molar-refractivity contribution in [2.24, 2.45) is 0 Å². The molecule has 2 aromatic rings. The summed E-state index contributed by atoms with van der Waals surface area (Å²) in [5, 5.41) is 13.6. The van der Waals surface area contributed by atoms with Gasteiger partial charge in [0.15, 0.2) is 0 Å². The van der Waals surface area contributed by atoms with E-state index in [1.807, 2.05) is 6.26 Å². The van der Waals surface area contributed by atoms with Crippen LogP contribution in [0.5, 0.6) is 0 Å².